The Morgan fingerprint density at radius 2 is 2.13 bits per heavy atom. The van der Waals surface area contributed by atoms with Crippen LogP contribution in [0.4, 0.5) is 0 Å². The predicted octanol–water partition coefficient (Wildman–Crippen LogP) is 5.35. The highest BCUT2D eigenvalue weighted by atomic mass is 16.5. The van der Waals surface area contributed by atoms with Gasteiger partial charge in [-0.15, -0.1) is 0 Å². The molecule has 23 heavy (non-hydrogen) atoms. The summed E-state index contributed by atoms with van der Waals surface area (Å²) in [5.41, 5.74) is 0.401. The zero-order chi connectivity index (χ0) is 16.7. The topological polar surface area (TPSA) is 34.7 Å². The molecule has 0 aliphatic carbocycles. The number of aliphatic imine (C=N–C) groups is 1. The lowest BCUT2D eigenvalue weighted by molar-refractivity contribution is -0.0755. The Kier molecular flexibility index (Phi) is 6.88. The smallest absolute Gasteiger partial charge is 0.144 e. The minimum absolute atomic E-state index is 0.401. The van der Waals surface area contributed by atoms with Crippen molar-refractivity contribution in [2.45, 2.75) is 65.9 Å². The third-order valence-corrected chi connectivity index (χ3v) is 5.13. The molecule has 2 rings (SSSR count). The van der Waals surface area contributed by atoms with E-state index < -0.39 is 0 Å². The third kappa shape index (κ3) is 5.80. The van der Waals surface area contributed by atoms with Crippen LogP contribution in [-0.2, 0) is 4.74 Å². The van der Waals surface area contributed by atoms with E-state index in [1.54, 1.807) is 6.26 Å². The molecule has 0 unspecified atom stereocenters. The minimum atomic E-state index is 0.401. The number of nitrogens with zero attached hydrogens (tertiary/aromatic N) is 1. The van der Waals surface area contributed by atoms with Gasteiger partial charge in [0.1, 0.15) is 5.76 Å². The Balaban J connectivity index is 1.95. The van der Waals surface area contributed by atoms with Crippen LogP contribution in [-0.4, -0.2) is 25.5 Å². The Labute approximate surface area is 141 Å². The second kappa shape index (κ2) is 8.68. The van der Waals surface area contributed by atoms with Crippen molar-refractivity contribution in [2.75, 3.05) is 13.2 Å². The van der Waals surface area contributed by atoms with Crippen molar-refractivity contribution < 1.29 is 9.15 Å². The monoisotopic (exact) mass is 319 g/mol. The van der Waals surface area contributed by atoms with Crippen molar-refractivity contribution in [3.63, 3.8) is 0 Å². The minimum Gasteiger partial charge on any atom is -0.463 e. The lowest BCUT2D eigenvalue weighted by atomic mass is 9.69. The highest BCUT2D eigenvalue weighted by Gasteiger charge is 2.37. The van der Waals surface area contributed by atoms with Crippen LogP contribution in [0.1, 0.15) is 65.6 Å². The molecule has 0 radical (unpaired) electrons. The van der Waals surface area contributed by atoms with Crippen molar-refractivity contribution in [2.24, 2.45) is 22.2 Å². The molecule has 0 amide bonds. The number of ether oxygens (including phenoxy) is 1. The molecule has 2 atom stereocenters. The van der Waals surface area contributed by atoms with E-state index in [0.717, 1.165) is 31.3 Å². The molecule has 3 heteroatoms. The Morgan fingerprint density at radius 1 is 1.30 bits per heavy atom. The standard InChI is InChI=1S/C20H33NO2/c1-16(2)7-8-20(10-13-23-19(14-20)17(3)4)9-11-21-15-18-6-5-12-22-18/h5-6,12,15-17,19H,7-11,13-14H2,1-4H3/t19-,20+/m0/s1. The van der Waals surface area contributed by atoms with E-state index in [1.807, 2.05) is 18.3 Å². The molecule has 1 aliphatic rings. The summed E-state index contributed by atoms with van der Waals surface area (Å²) in [6.45, 7) is 11.0. The van der Waals surface area contributed by atoms with E-state index in [4.69, 9.17) is 9.15 Å². The molecule has 0 saturated carbocycles. The summed E-state index contributed by atoms with van der Waals surface area (Å²) in [7, 11) is 0. The maximum absolute atomic E-state index is 6.01. The normalized spacial score (nSPS) is 25.7. The molecule has 0 aromatic carbocycles. The molecule has 0 spiro atoms. The number of rotatable bonds is 8. The van der Waals surface area contributed by atoms with Crippen LogP contribution in [0.25, 0.3) is 0 Å². The van der Waals surface area contributed by atoms with Crippen LogP contribution in [0.15, 0.2) is 27.8 Å². The zero-order valence-electron chi connectivity index (χ0n) is 15.3. The third-order valence-electron chi connectivity index (χ3n) is 5.13. The van der Waals surface area contributed by atoms with Crippen molar-refractivity contribution in [1.29, 1.82) is 0 Å². The summed E-state index contributed by atoms with van der Waals surface area (Å²) in [6.07, 6.45) is 10.1. The van der Waals surface area contributed by atoms with Crippen LogP contribution in [0, 0.1) is 17.3 Å². The van der Waals surface area contributed by atoms with Gasteiger partial charge in [-0.05, 0) is 55.1 Å². The van der Waals surface area contributed by atoms with Gasteiger partial charge in [0.25, 0.3) is 0 Å². The van der Waals surface area contributed by atoms with Crippen LogP contribution >= 0.6 is 0 Å². The van der Waals surface area contributed by atoms with Crippen LogP contribution in [0.5, 0.6) is 0 Å². The zero-order valence-corrected chi connectivity index (χ0v) is 15.3. The molecule has 0 N–H and O–H groups in total. The maximum Gasteiger partial charge on any atom is 0.144 e. The first-order valence-corrected chi connectivity index (χ1v) is 9.16. The predicted molar refractivity (Wildman–Crippen MR) is 96.1 cm³/mol. The SMILES string of the molecule is CC(C)CC[C@@]1(CCN=Cc2ccco2)CCO[C@H](C(C)C)C1. The van der Waals surface area contributed by atoms with Crippen molar-refractivity contribution in [3.8, 4) is 0 Å². The van der Waals surface area contributed by atoms with Crippen LogP contribution < -0.4 is 0 Å². The summed E-state index contributed by atoms with van der Waals surface area (Å²) in [4.78, 5) is 4.59. The average Bonchev–Trinajstić information content (AvgIpc) is 3.03. The number of furan rings is 1. The molecule has 3 nitrogen and oxygen atoms in total. The van der Waals surface area contributed by atoms with Crippen molar-refractivity contribution >= 4 is 6.21 Å². The van der Waals surface area contributed by atoms with Crippen molar-refractivity contribution in [1.82, 2.24) is 0 Å². The average molecular weight is 319 g/mol. The molecule has 130 valence electrons. The fourth-order valence-corrected chi connectivity index (χ4v) is 3.44. The van der Waals surface area contributed by atoms with Gasteiger partial charge in [0.05, 0.1) is 18.6 Å². The Bertz CT molecular complexity index is 464. The maximum atomic E-state index is 6.01. The number of hydrogen-bond acceptors (Lipinski definition) is 3. The van der Waals surface area contributed by atoms with E-state index in [2.05, 4.69) is 32.7 Å². The number of hydrogen-bond donors (Lipinski definition) is 0. The van der Waals surface area contributed by atoms with Gasteiger partial charge in [0, 0.05) is 13.2 Å². The van der Waals surface area contributed by atoms with Crippen LogP contribution in [0.3, 0.4) is 0 Å². The van der Waals surface area contributed by atoms with Gasteiger partial charge in [0.2, 0.25) is 0 Å². The summed E-state index contributed by atoms with van der Waals surface area (Å²) >= 11 is 0. The van der Waals surface area contributed by atoms with E-state index in [9.17, 15) is 0 Å². The molecule has 0 bridgehead atoms. The lowest BCUT2D eigenvalue weighted by Crippen LogP contribution is -2.38. The first-order chi connectivity index (χ1) is 11.0. The van der Waals surface area contributed by atoms with Gasteiger partial charge in [-0.2, -0.15) is 0 Å². The van der Waals surface area contributed by atoms with Gasteiger partial charge in [-0.1, -0.05) is 34.1 Å². The Morgan fingerprint density at radius 3 is 2.78 bits per heavy atom. The van der Waals surface area contributed by atoms with Gasteiger partial charge < -0.3 is 9.15 Å². The molecule has 1 aliphatic heterocycles. The molecular formula is C20H33NO2. The highest BCUT2D eigenvalue weighted by molar-refractivity contribution is 5.75. The lowest BCUT2D eigenvalue weighted by Gasteiger charge is -2.43. The van der Waals surface area contributed by atoms with Gasteiger partial charge >= 0.3 is 0 Å². The largest absolute Gasteiger partial charge is 0.463 e. The summed E-state index contributed by atoms with van der Waals surface area (Å²) in [5, 5.41) is 0. The molecule has 1 aromatic heterocycles. The van der Waals surface area contributed by atoms with Crippen LogP contribution in [0.2, 0.25) is 0 Å². The first kappa shape index (κ1) is 18.3. The summed E-state index contributed by atoms with van der Waals surface area (Å²) < 4.78 is 11.3. The fourth-order valence-electron chi connectivity index (χ4n) is 3.44. The fraction of sp³-hybridized carbons (Fsp3) is 0.750. The first-order valence-electron chi connectivity index (χ1n) is 9.16. The molecule has 1 saturated heterocycles. The quantitative estimate of drug-likeness (QED) is 0.606. The van der Waals surface area contributed by atoms with Gasteiger partial charge in [-0.25, -0.2) is 0 Å². The van der Waals surface area contributed by atoms with E-state index in [1.165, 1.54) is 25.7 Å². The molecule has 1 fully saturated rings. The highest BCUT2D eigenvalue weighted by Crippen LogP contribution is 2.43. The summed E-state index contributed by atoms with van der Waals surface area (Å²) in [6, 6.07) is 3.85. The molecule has 1 aromatic rings. The summed E-state index contributed by atoms with van der Waals surface area (Å²) in [5.74, 6) is 2.20. The molecule has 2 heterocycles. The molecular weight excluding hydrogens is 286 g/mol. The van der Waals surface area contributed by atoms with E-state index in [0.29, 0.717) is 17.4 Å². The van der Waals surface area contributed by atoms with Crippen molar-refractivity contribution in [3.05, 3.63) is 24.2 Å². The Hall–Kier alpha value is -1.09. The second-order valence-electron chi connectivity index (χ2n) is 7.84. The second-order valence-corrected chi connectivity index (χ2v) is 7.84. The van der Waals surface area contributed by atoms with Gasteiger partial charge in [0.15, 0.2) is 0 Å². The van der Waals surface area contributed by atoms with E-state index >= 15 is 0 Å². The van der Waals surface area contributed by atoms with Gasteiger partial charge in [-0.3, -0.25) is 4.99 Å². The van der Waals surface area contributed by atoms with E-state index in [-0.39, 0.29) is 0 Å².